The fourth-order valence-corrected chi connectivity index (χ4v) is 1.97. The molecule has 0 aliphatic rings. The Morgan fingerprint density at radius 1 is 1.18 bits per heavy atom. The number of hydrogen-bond donors (Lipinski definition) is 1. The second-order valence-electron chi connectivity index (χ2n) is 3.49. The summed E-state index contributed by atoms with van der Waals surface area (Å²) < 4.78 is 5.07. The number of alkyl carbamates (subject to hydrolysis) is 1. The first-order chi connectivity index (χ1) is 8.34. The summed E-state index contributed by atoms with van der Waals surface area (Å²) >= 11 is 1.57. The van der Waals surface area contributed by atoms with E-state index in [1.165, 1.54) is 0 Å². The Morgan fingerprint density at radius 3 is 2.71 bits per heavy atom. The molecule has 4 heteroatoms. The number of ether oxygens (including phenoxy) is 1. The number of hydrogen-bond acceptors (Lipinski definition) is 3. The van der Waals surface area contributed by atoms with Gasteiger partial charge in [-0.15, -0.1) is 11.3 Å². The molecular weight excluding hydrogens is 234 g/mol. The molecule has 0 unspecified atom stereocenters. The zero-order valence-electron chi connectivity index (χ0n) is 9.26. The van der Waals surface area contributed by atoms with Gasteiger partial charge >= 0.3 is 6.09 Å². The molecule has 0 saturated heterocycles. The number of amides is 1. The Morgan fingerprint density at radius 2 is 2.00 bits per heavy atom. The first kappa shape index (κ1) is 11.7. The summed E-state index contributed by atoms with van der Waals surface area (Å²) in [5.41, 5.74) is 1.06. The average molecular weight is 247 g/mol. The molecule has 0 atom stereocenters. The predicted octanol–water partition coefficient (Wildman–Crippen LogP) is 3.17. The summed E-state index contributed by atoms with van der Waals surface area (Å²) in [6.45, 7) is 0.822. The highest BCUT2D eigenvalue weighted by Gasteiger charge is 2.02. The van der Waals surface area contributed by atoms with Crippen LogP contribution in [-0.2, 0) is 17.9 Å². The van der Waals surface area contributed by atoms with E-state index in [0.717, 1.165) is 10.4 Å². The molecule has 1 heterocycles. The predicted molar refractivity (Wildman–Crippen MR) is 67.8 cm³/mol. The lowest BCUT2D eigenvalue weighted by atomic mass is 10.2. The van der Waals surface area contributed by atoms with Crippen molar-refractivity contribution in [1.82, 2.24) is 5.32 Å². The van der Waals surface area contributed by atoms with Crippen LogP contribution in [0.2, 0.25) is 0 Å². The zero-order valence-corrected chi connectivity index (χ0v) is 10.1. The smallest absolute Gasteiger partial charge is 0.407 e. The van der Waals surface area contributed by atoms with Crippen LogP contribution in [0.1, 0.15) is 10.4 Å². The van der Waals surface area contributed by atoms with Crippen LogP contribution in [0.5, 0.6) is 0 Å². The molecule has 88 valence electrons. The van der Waals surface area contributed by atoms with Crippen molar-refractivity contribution < 1.29 is 9.53 Å². The molecule has 1 aromatic carbocycles. The van der Waals surface area contributed by atoms with Gasteiger partial charge in [-0.3, -0.25) is 0 Å². The molecule has 1 aromatic heterocycles. The third-order valence-electron chi connectivity index (χ3n) is 2.21. The fourth-order valence-electron chi connectivity index (χ4n) is 1.35. The molecule has 1 N–H and O–H groups in total. The third kappa shape index (κ3) is 3.92. The van der Waals surface area contributed by atoms with Gasteiger partial charge in [0.2, 0.25) is 0 Å². The third-order valence-corrected chi connectivity index (χ3v) is 3.06. The van der Waals surface area contributed by atoms with Crippen molar-refractivity contribution in [3.63, 3.8) is 0 Å². The van der Waals surface area contributed by atoms with Crippen molar-refractivity contribution in [3.05, 3.63) is 58.3 Å². The summed E-state index contributed by atoms with van der Waals surface area (Å²) in [5, 5.41) is 4.66. The molecule has 0 fully saturated rings. The van der Waals surface area contributed by atoms with Gasteiger partial charge in [0.25, 0.3) is 0 Å². The molecule has 0 bridgehead atoms. The number of rotatable bonds is 4. The van der Waals surface area contributed by atoms with Crippen molar-refractivity contribution in [2.75, 3.05) is 0 Å². The normalized spacial score (nSPS) is 9.88. The Balaban J connectivity index is 1.71. The van der Waals surface area contributed by atoms with Crippen LogP contribution in [0.25, 0.3) is 0 Å². The van der Waals surface area contributed by atoms with Crippen molar-refractivity contribution in [3.8, 4) is 0 Å². The first-order valence-electron chi connectivity index (χ1n) is 5.31. The lowest BCUT2D eigenvalue weighted by Crippen LogP contribution is -2.23. The van der Waals surface area contributed by atoms with Gasteiger partial charge in [-0.25, -0.2) is 4.79 Å². The molecule has 0 aliphatic carbocycles. The van der Waals surface area contributed by atoms with Crippen LogP contribution in [-0.4, -0.2) is 6.09 Å². The second-order valence-corrected chi connectivity index (χ2v) is 4.53. The van der Waals surface area contributed by atoms with Crippen LogP contribution < -0.4 is 5.32 Å². The molecule has 0 aliphatic heterocycles. The van der Waals surface area contributed by atoms with Crippen LogP contribution in [0, 0.1) is 0 Å². The van der Waals surface area contributed by atoms with Gasteiger partial charge in [0, 0.05) is 11.4 Å². The Bertz CT molecular complexity index is 454. The minimum absolute atomic E-state index is 0.332. The van der Waals surface area contributed by atoms with E-state index in [9.17, 15) is 4.79 Å². The highest BCUT2D eigenvalue weighted by molar-refractivity contribution is 7.09. The minimum Gasteiger partial charge on any atom is -0.444 e. The van der Waals surface area contributed by atoms with Gasteiger partial charge in [-0.2, -0.15) is 0 Å². The van der Waals surface area contributed by atoms with Gasteiger partial charge in [-0.05, 0) is 17.0 Å². The summed E-state index contributed by atoms with van der Waals surface area (Å²) in [6, 6.07) is 13.6. The molecule has 2 aromatic rings. The van der Waals surface area contributed by atoms with E-state index in [2.05, 4.69) is 5.32 Å². The summed E-state index contributed by atoms with van der Waals surface area (Å²) in [5.74, 6) is 0. The van der Waals surface area contributed by atoms with E-state index < -0.39 is 0 Å². The zero-order chi connectivity index (χ0) is 11.9. The van der Waals surface area contributed by atoms with Gasteiger partial charge in [-0.1, -0.05) is 36.4 Å². The van der Waals surface area contributed by atoms with Gasteiger partial charge in [0.15, 0.2) is 0 Å². The molecule has 0 spiro atoms. The maximum Gasteiger partial charge on any atom is 0.407 e. The summed E-state index contributed by atoms with van der Waals surface area (Å²) in [7, 11) is 0. The Labute approximate surface area is 104 Å². The van der Waals surface area contributed by atoms with E-state index in [-0.39, 0.29) is 6.09 Å². The fraction of sp³-hybridized carbons (Fsp3) is 0.154. The monoisotopic (exact) mass is 247 g/mol. The highest BCUT2D eigenvalue weighted by Crippen LogP contribution is 2.09. The molecular formula is C13H13NO2S. The van der Waals surface area contributed by atoms with Crippen molar-refractivity contribution >= 4 is 17.4 Å². The topological polar surface area (TPSA) is 38.3 Å². The van der Waals surface area contributed by atoms with Gasteiger partial charge < -0.3 is 10.1 Å². The SMILES string of the molecule is O=C(NCc1ccccc1)OCc1cccs1. The molecule has 2 rings (SSSR count). The maximum absolute atomic E-state index is 11.4. The standard InChI is InChI=1S/C13H13NO2S/c15-13(16-10-12-7-4-8-17-12)14-9-11-5-2-1-3-6-11/h1-8H,9-10H2,(H,14,15). The molecule has 3 nitrogen and oxygen atoms in total. The summed E-state index contributed by atoms with van der Waals surface area (Å²) in [6.07, 6.45) is -0.387. The van der Waals surface area contributed by atoms with Gasteiger partial charge in [0.1, 0.15) is 6.61 Å². The number of thiophene rings is 1. The Kier molecular flexibility index (Phi) is 4.16. The van der Waals surface area contributed by atoms with Crippen molar-refractivity contribution in [2.45, 2.75) is 13.2 Å². The van der Waals surface area contributed by atoms with E-state index in [1.54, 1.807) is 11.3 Å². The summed E-state index contributed by atoms with van der Waals surface area (Å²) in [4.78, 5) is 12.4. The lowest BCUT2D eigenvalue weighted by Gasteiger charge is -2.05. The first-order valence-corrected chi connectivity index (χ1v) is 6.19. The lowest BCUT2D eigenvalue weighted by molar-refractivity contribution is 0.140. The largest absolute Gasteiger partial charge is 0.444 e. The molecule has 17 heavy (non-hydrogen) atoms. The molecule has 1 amide bonds. The van der Waals surface area contributed by atoms with Crippen molar-refractivity contribution in [1.29, 1.82) is 0 Å². The van der Waals surface area contributed by atoms with Crippen LogP contribution >= 0.6 is 11.3 Å². The number of carbonyl (C=O) groups excluding carboxylic acids is 1. The maximum atomic E-state index is 11.4. The molecule has 0 saturated carbocycles. The van der Waals surface area contributed by atoms with Crippen LogP contribution in [0.4, 0.5) is 4.79 Å². The van der Waals surface area contributed by atoms with Gasteiger partial charge in [0.05, 0.1) is 0 Å². The van der Waals surface area contributed by atoms with Crippen LogP contribution in [0.15, 0.2) is 47.8 Å². The number of nitrogens with one attached hydrogen (secondary N) is 1. The van der Waals surface area contributed by atoms with Crippen LogP contribution in [0.3, 0.4) is 0 Å². The quantitative estimate of drug-likeness (QED) is 0.901. The Hall–Kier alpha value is -1.81. The number of carbonyl (C=O) groups is 1. The number of benzene rings is 1. The van der Waals surface area contributed by atoms with E-state index in [4.69, 9.17) is 4.74 Å². The average Bonchev–Trinajstić information content (AvgIpc) is 2.88. The highest BCUT2D eigenvalue weighted by atomic mass is 32.1. The van der Waals surface area contributed by atoms with Crippen molar-refractivity contribution in [2.24, 2.45) is 0 Å². The molecule has 0 radical (unpaired) electrons. The van der Waals surface area contributed by atoms with E-state index in [0.29, 0.717) is 13.2 Å². The van der Waals surface area contributed by atoms with E-state index >= 15 is 0 Å². The second kappa shape index (κ2) is 6.06. The van der Waals surface area contributed by atoms with E-state index in [1.807, 2.05) is 47.8 Å². The minimum atomic E-state index is -0.387.